The maximum atomic E-state index is 12.2. The van der Waals surface area contributed by atoms with Crippen molar-refractivity contribution in [2.24, 2.45) is 4.99 Å². The van der Waals surface area contributed by atoms with Crippen LogP contribution < -0.4 is 10.6 Å². The van der Waals surface area contributed by atoms with E-state index in [4.69, 9.17) is 11.6 Å². The summed E-state index contributed by atoms with van der Waals surface area (Å²) in [5.41, 5.74) is 1.03. The fourth-order valence-corrected chi connectivity index (χ4v) is 2.05. The van der Waals surface area contributed by atoms with Crippen molar-refractivity contribution in [1.29, 1.82) is 0 Å². The molecule has 0 fully saturated rings. The predicted molar refractivity (Wildman–Crippen MR) is 106 cm³/mol. The quantitative estimate of drug-likeness (QED) is 0.253. The van der Waals surface area contributed by atoms with Crippen molar-refractivity contribution in [3.05, 3.63) is 29.0 Å². The summed E-state index contributed by atoms with van der Waals surface area (Å²) >= 11 is 5.73. The number of rotatable bonds is 8. The largest absolute Gasteiger partial charge is 0.401 e. The summed E-state index contributed by atoms with van der Waals surface area (Å²) < 4.78 is 36.7. The van der Waals surface area contributed by atoms with Gasteiger partial charge in [0.1, 0.15) is 5.15 Å². The average Bonchev–Trinajstić information content (AvgIpc) is 2.47. The first-order valence-corrected chi connectivity index (χ1v) is 8.06. The van der Waals surface area contributed by atoms with Crippen molar-refractivity contribution in [1.82, 2.24) is 20.5 Å². The van der Waals surface area contributed by atoms with Gasteiger partial charge in [0.2, 0.25) is 0 Å². The van der Waals surface area contributed by atoms with E-state index in [1.807, 2.05) is 13.0 Å². The highest BCUT2D eigenvalue weighted by Gasteiger charge is 2.28. The molecule has 0 amide bonds. The smallest absolute Gasteiger partial charge is 0.357 e. The van der Waals surface area contributed by atoms with Gasteiger partial charge in [-0.15, -0.1) is 24.0 Å². The third-order valence-corrected chi connectivity index (χ3v) is 3.26. The van der Waals surface area contributed by atoms with Crippen LogP contribution in [0.4, 0.5) is 13.2 Å². The second kappa shape index (κ2) is 12.5. The zero-order chi connectivity index (χ0) is 18.0. The van der Waals surface area contributed by atoms with Crippen LogP contribution in [0.3, 0.4) is 0 Å². The van der Waals surface area contributed by atoms with Crippen LogP contribution in [-0.4, -0.2) is 61.8 Å². The molecule has 1 aromatic heterocycles. The van der Waals surface area contributed by atoms with Crippen LogP contribution in [0.15, 0.2) is 23.3 Å². The molecule has 0 aliphatic heterocycles. The van der Waals surface area contributed by atoms with Gasteiger partial charge in [0.05, 0.1) is 13.1 Å². The van der Waals surface area contributed by atoms with E-state index in [-0.39, 0.29) is 37.1 Å². The molecule has 5 nitrogen and oxygen atoms in total. The number of nitrogens with zero attached hydrogens (tertiary/aromatic N) is 3. The molecule has 0 bridgehead atoms. The monoisotopic (exact) mass is 493 g/mol. The van der Waals surface area contributed by atoms with E-state index in [0.29, 0.717) is 24.2 Å². The van der Waals surface area contributed by atoms with Crippen molar-refractivity contribution in [2.75, 3.05) is 39.8 Å². The highest BCUT2D eigenvalue weighted by molar-refractivity contribution is 14.0. The van der Waals surface area contributed by atoms with Crippen LogP contribution >= 0.6 is 35.6 Å². The number of hydrogen-bond donors (Lipinski definition) is 2. The van der Waals surface area contributed by atoms with E-state index in [2.05, 4.69) is 20.6 Å². The summed E-state index contributed by atoms with van der Waals surface area (Å²) in [6, 6.07) is 3.62. The van der Waals surface area contributed by atoms with Gasteiger partial charge in [-0.2, -0.15) is 13.2 Å². The summed E-state index contributed by atoms with van der Waals surface area (Å²) in [5, 5.41) is 6.65. The van der Waals surface area contributed by atoms with Gasteiger partial charge in [-0.25, -0.2) is 4.98 Å². The van der Waals surface area contributed by atoms with Crippen LogP contribution in [-0.2, 0) is 6.42 Å². The number of hydrogen-bond acceptors (Lipinski definition) is 3. The maximum Gasteiger partial charge on any atom is 0.401 e. The van der Waals surface area contributed by atoms with Crippen LogP contribution in [0, 0.1) is 0 Å². The molecule has 1 aromatic rings. The topological polar surface area (TPSA) is 52.6 Å². The molecule has 144 valence electrons. The Morgan fingerprint density at radius 1 is 1.32 bits per heavy atom. The Morgan fingerprint density at radius 2 is 2.04 bits per heavy atom. The Bertz CT molecular complexity index is 511. The van der Waals surface area contributed by atoms with Crippen molar-refractivity contribution in [2.45, 2.75) is 19.5 Å². The zero-order valence-electron chi connectivity index (χ0n) is 14.2. The summed E-state index contributed by atoms with van der Waals surface area (Å²) in [4.78, 5) is 9.48. The molecule has 0 aromatic carbocycles. The van der Waals surface area contributed by atoms with Crippen molar-refractivity contribution >= 4 is 41.5 Å². The SMILES string of the molecule is CCNC(=NCCN(C)CC(F)(F)F)NCCc1ccc(Cl)nc1.I. The van der Waals surface area contributed by atoms with Gasteiger partial charge in [0, 0.05) is 25.8 Å². The first-order chi connectivity index (χ1) is 11.3. The maximum absolute atomic E-state index is 12.2. The van der Waals surface area contributed by atoms with E-state index in [1.54, 1.807) is 12.3 Å². The lowest BCUT2D eigenvalue weighted by atomic mass is 10.2. The molecule has 0 radical (unpaired) electrons. The molecule has 0 atom stereocenters. The standard InChI is InChI=1S/C15H23ClF3N5.HI/c1-3-20-14(22-8-9-24(2)11-15(17,18)19)21-7-6-12-4-5-13(16)23-10-12;/h4-5,10H,3,6-9,11H2,1-2H3,(H2,20,21,22);1H. The Kier molecular flexibility index (Phi) is 12.1. The molecule has 1 heterocycles. The van der Waals surface area contributed by atoms with Crippen LogP contribution in [0.25, 0.3) is 0 Å². The van der Waals surface area contributed by atoms with Gasteiger partial charge in [0.15, 0.2) is 5.96 Å². The molecule has 25 heavy (non-hydrogen) atoms. The summed E-state index contributed by atoms with van der Waals surface area (Å²) in [6.45, 7) is 2.81. The zero-order valence-corrected chi connectivity index (χ0v) is 17.3. The number of nitrogens with one attached hydrogen (secondary N) is 2. The minimum absolute atomic E-state index is 0. The third kappa shape index (κ3) is 12.2. The number of alkyl halides is 3. The van der Waals surface area contributed by atoms with Crippen LogP contribution in [0.1, 0.15) is 12.5 Å². The lowest BCUT2D eigenvalue weighted by Crippen LogP contribution is -2.39. The normalized spacial score (nSPS) is 12.0. The Labute approximate surface area is 168 Å². The lowest BCUT2D eigenvalue weighted by molar-refractivity contribution is -0.142. The lowest BCUT2D eigenvalue weighted by Gasteiger charge is -2.17. The van der Waals surface area contributed by atoms with Gasteiger partial charge in [0.25, 0.3) is 0 Å². The van der Waals surface area contributed by atoms with Crippen LogP contribution in [0.5, 0.6) is 0 Å². The Hall–Kier alpha value is -0.810. The number of aromatic nitrogens is 1. The molecule has 2 N–H and O–H groups in total. The minimum atomic E-state index is -4.19. The Balaban J connectivity index is 0.00000576. The van der Waals surface area contributed by atoms with E-state index in [0.717, 1.165) is 12.0 Å². The molecule has 1 rings (SSSR count). The molecule has 10 heteroatoms. The number of aliphatic imine (C=N–C) groups is 1. The molecule has 0 spiro atoms. The molecule has 0 aliphatic rings. The van der Waals surface area contributed by atoms with Crippen LogP contribution in [0.2, 0.25) is 5.15 Å². The number of likely N-dealkylation sites (N-methyl/N-ethyl adjacent to an activating group) is 1. The van der Waals surface area contributed by atoms with Gasteiger partial charge in [-0.05, 0) is 32.0 Å². The minimum Gasteiger partial charge on any atom is -0.357 e. The summed E-state index contributed by atoms with van der Waals surface area (Å²) in [5.74, 6) is 0.583. The molecule has 0 unspecified atom stereocenters. The van der Waals surface area contributed by atoms with Gasteiger partial charge >= 0.3 is 6.18 Å². The fraction of sp³-hybridized carbons (Fsp3) is 0.600. The number of pyridine rings is 1. The van der Waals surface area contributed by atoms with E-state index in [9.17, 15) is 13.2 Å². The first kappa shape index (κ1) is 24.2. The molecular weight excluding hydrogens is 470 g/mol. The van der Waals surface area contributed by atoms with Crippen molar-refractivity contribution in [3.8, 4) is 0 Å². The van der Waals surface area contributed by atoms with Crippen molar-refractivity contribution in [3.63, 3.8) is 0 Å². The first-order valence-electron chi connectivity index (χ1n) is 7.68. The second-order valence-electron chi connectivity index (χ2n) is 5.28. The Morgan fingerprint density at radius 3 is 2.60 bits per heavy atom. The molecule has 0 saturated heterocycles. The van der Waals surface area contributed by atoms with Gasteiger partial charge < -0.3 is 10.6 Å². The molecule has 0 saturated carbocycles. The summed E-state index contributed by atoms with van der Waals surface area (Å²) in [7, 11) is 1.43. The van der Waals surface area contributed by atoms with E-state index < -0.39 is 12.7 Å². The van der Waals surface area contributed by atoms with E-state index >= 15 is 0 Å². The van der Waals surface area contributed by atoms with Gasteiger partial charge in [-0.1, -0.05) is 17.7 Å². The third-order valence-electron chi connectivity index (χ3n) is 3.04. The second-order valence-corrected chi connectivity index (χ2v) is 5.67. The molecular formula is C15H24ClF3IN5. The summed E-state index contributed by atoms with van der Waals surface area (Å²) in [6.07, 6.45) is -1.74. The van der Waals surface area contributed by atoms with Gasteiger partial charge in [-0.3, -0.25) is 9.89 Å². The van der Waals surface area contributed by atoms with E-state index in [1.165, 1.54) is 11.9 Å². The predicted octanol–water partition coefficient (Wildman–Crippen LogP) is 2.94. The molecule has 0 aliphatic carbocycles. The van der Waals surface area contributed by atoms with Crippen molar-refractivity contribution < 1.29 is 13.2 Å². The highest BCUT2D eigenvalue weighted by atomic mass is 127. The average molecular weight is 494 g/mol. The fourth-order valence-electron chi connectivity index (χ4n) is 1.94. The number of halogens is 5. The number of guanidine groups is 1. The highest BCUT2D eigenvalue weighted by Crippen LogP contribution is 2.15.